The van der Waals surface area contributed by atoms with Crippen molar-refractivity contribution in [2.75, 3.05) is 5.43 Å². The third-order valence-corrected chi connectivity index (χ3v) is 4.80. The minimum Gasteiger partial charge on any atom is -0.330 e. The van der Waals surface area contributed by atoms with Crippen LogP contribution in [0.1, 0.15) is 18.4 Å². The number of halogens is 2. The SMILES string of the molecule is CC(C(=O)Nn1c(=S)[nH]c2ccccc2c1=O)c1c(Cl)cccc1Cl. The van der Waals surface area contributed by atoms with Gasteiger partial charge in [-0.25, -0.2) is 0 Å². The second kappa shape index (κ2) is 7.00. The molecule has 1 heterocycles. The number of carbonyl (C=O) groups excluding carboxylic acids is 1. The number of amides is 1. The average molecular weight is 394 g/mol. The molecule has 0 radical (unpaired) electrons. The molecule has 1 atom stereocenters. The third-order valence-electron chi connectivity index (χ3n) is 3.85. The van der Waals surface area contributed by atoms with Crippen LogP contribution in [0.2, 0.25) is 10.0 Å². The van der Waals surface area contributed by atoms with Crippen LogP contribution in [0, 0.1) is 4.77 Å². The van der Waals surface area contributed by atoms with Gasteiger partial charge in [0.05, 0.1) is 16.8 Å². The molecular weight excluding hydrogens is 381 g/mol. The van der Waals surface area contributed by atoms with Gasteiger partial charge in [0.25, 0.3) is 5.56 Å². The summed E-state index contributed by atoms with van der Waals surface area (Å²) in [6.07, 6.45) is 0. The van der Waals surface area contributed by atoms with Crippen molar-refractivity contribution >= 4 is 52.2 Å². The summed E-state index contributed by atoms with van der Waals surface area (Å²) in [5.41, 5.74) is 3.22. The Morgan fingerprint density at radius 1 is 1.16 bits per heavy atom. The lowest BCUT2D eigenvalue weighted by atomic mass is 10.0. The van der Waals surface area contributed by atoms with Crippen LogP contribution in [0.25, 0.3) is 10.9 Å². The molecule has 5 nitrogen and oxygen atoms in total. The summed E-state index contributed by atoms with van der Waals surface area (Å²) in [6, 6.07) is 11.9. The van der Waals surface area contributed by atoms with Gasteiger partial charge in [-0.15, -0.1) is 0 Å². The number of hydrogen-bond acceptors (Lipinski definition) is 3. The van der Waals surface area contributed by atoms with E-state index in [9.17, 15) is 9.59 Å². The van der Waals surface area contributed by atoms with Gasteiger partial charge in [0, 0.05) is 15.6 Å². The highest BCUT2D eigenvalue weighted by Crippen LogP contribution is 2.31. The fourth-order valence-corrected chi connectivity index (χ4v) is 3.49. The molecule has 0 saturated carbocycles. The number of fused-ring (bicyclic) bond motifs is 1. The van der Waals surface area contributed by atoms with Gasteiger partial charge in [-0.05, 0) is 43.4 Å². The van der Waals surface area contributed by atoms with Crippen LogP contribution in [-0.2, 0) is 4.79 Å². The Kier molecular flexibility index (Phi) is 4.94. The first-order chi connectivity index (χ1) is 11.9. The van der Waals surface area contributed by atoms with Crippen LogP contribution >= 0.6 is 35.4 Å². The van der Waals surface area contributed by atoms with Crippen molar-refractivity contribution in [2.24, 2.45) is 0 Å². The third kappa shape index (κ3) is 3.33. The van der Waals surface area contributed by atoms with E-state index in [4.69, 9.17) is 35.4 Å². The summed E-state index contributed by atoms with van der Waals surface area (Å²) in [4.78, 5) is 28.1. The van der Waals surface area contributed by atoms with Crippen molar-refractivity contribution in [2.45, 2.75) is 12.8 Å². The maximum atomic E-state index is 12.6. The average Bonchev–Trinajstić information content (AvgIpc) is 2.58. The lowest BCUT2D eigenvalue weighted by Crippen LogP contribution is -2.36. The largest absolute Gasteiger partial charge is 0.330 e. The highest BCUT2D eigenvalue weighted by molar-refractivity contribution is 7.71. The molecule has 8 heteroatoms. The van der Waals surface area contributed by atoms with Crippen molar-refractivity contribution in [3.8, 4) is 0 Å². The van der Waals surface area contributed by atoms with Crippen LogP contribution in [0.15, 0.2) is 47.3 Å². The highest BCUT2D eigenvalue weighted by Gasteiger charge is 2.22. The smallest absolute Gasteiger partial charge is 0.281 e. The van der Waals surface area contributed by atoms with E-state index >= 15 is 0 Å². The molecule has 0 fully saturated rings. The molecule has 3 aromatic rings. The van der Waals surface area contributed by atoms with E-state index in [1.807, 2.05) is 0 Å². The van der Waals surface area contributed by atoms with Gasteiger partial charge in [-0.1, -0.05) is 41.4 Å². The maximum Gasteiger partial charge on any atom is 0.281 e. The number of hydrogen-bond donors (Lipinski definition) is 2. The lowest BCUT2D eigenvalue weighted by molar-refractivity contribution is -0.118. The molecule has 0 spiro atoms. The molecule has 0 aliphatic carbocycles. The number of H-pyrrole nitrogens is 1. The van der Waals surface area contributed by atoms with E-state index in [0.717, 1.165) is 4.68 Å². The quantitative estimate of drug-likeness (QED) is 0.653. The highest BCUT2D eigenvalue weighted by atomic mass is 35.5. The lowest BCUT2D eigenvalue weighted by Gasteiger charge is -2.16. The van der Waals surface area contributed by atoms with Gasteiger partial charge < -0.3 is 4.98 Å². The predicted octanol–water partition coefficient (Wildman–Crippen LogP) is 4.24. The second-order valence-electron chi connectivity index (χ2n) is 5.45. The van der Waals surface area contributed by atoms with Crippen molar-refractivity contribution in [3.05, 3.63) is 73.2 Å². The molecular formula is C17H13Cl2N3O2S. The number of aromatic amines is 1. The summed E-state index contributed by atoms with van der Waals surface area (Å²) >= 11 is 17.5. The Labute approximate surface area is 158 Å². The van der Waals surface area contributed by atoms with E-state index in [0.29, 0.717) is 26.5 Å². The number of carbonyl (C=O) groups is 1. The minimum atomic E-state index is -0.672. The molecule has 25 heavy (non-hydrogen) atoms. The molecule has 0 aliphatic heterocycles. The molecule has 1 aromatic heterocycles. The Morgan fingerprint density at radius 2 is 1.80 bits per heavy atom. The standard InChI is InChI=1S/C17H13Cl2N3O2S/c1-9(14-11(18)6-4-7-12(14)19)15(23)21-22-16(24)10-5-2-3-8-13(10)20-17(22)25/h2-9H,1H3,(H,20,25)(H,21,23). The minimum absolute atomic E-state index is 0.0921. The van der Waals surface area contributed by atoms with Crippen molar-refractivity contribution in [1.29, 1.82) is 0 Å². The van der Waals surface area contributed by atoms with Crippen molar-refractivity contribution < 1.29 is 4.79 Å². The number of rotatable bonds is 3. The topological polar surface area (TPSA) is 66.9 Å². The van der Waals surface area contributed by atoms with E-state index in [1.54, 1.807) is 49.4 Å². The Balaban J connectivity index is 2.00. The zero-order chi connectivity index (χ0) is 18.1. The van der Waals surface area contributed by atoms with Crippen LogP contribution in [0.3, 0.4) is 0 Å². The molecule has 0 aliphatic rings. The number of nitrogens with zero attached hydrogens (tertiary/aromatic N) is 1. The molecule has 1 amide bonds. The summed E-state index contributed by atoms with van der Waals surface area (Å²) in [6.45, 7) is 1.65. The summed E-state index contributed by atoms with van der Waals surface area (Å²) < 4.78 is 1.11. The summed E-state index contributed by atoms with van der Waals surface area (Å²) in [5, 5.41) is 1.18. The molecule has 2 N–H and O–H groups in total. The summed E-state index contributed by atoms with van der Waals surface area (Å²) in [5.74, 6) is -1.12. The zero-order valence-electron chi connectivity index (χ0n) is 13.0. The number of nitrogens with one attached hydrogen (secondary N) is 2. The van der Waals surface area contributed by atoms with Crippen LogP contribution in [-0.4, -0.2) is 15.6 Å². The molecule has 2 aromatic carbocycles. The first-order valence-corrected chi connectivity index (χ1v) is 8.55. The van der Waals surface area contributed by atoms with E-state index in [1.165, 1.54) is 0 Å². The van der Waals surface area contributed by atoms with Gasteiger partial charge in [0.15, 0.2) is 4.77 Å². The molecule has 128 valence electrons. The number of aromatic nitrogens is 2. The molecule has 0 saturated heterocycles. The van der Waals surface area contributed by atoms with Crippen LogP contribution < -0.4 is 11.0 Å². The maximum absolute atomic E-state index is 12.6. The van der Waals surface area contributed by atoms with Gasteiger partial charge in [-0.3, -0.25) is 15.0 Å². The Morgan fingerprint density at radius 3 is 2.48 bits per heavy atom. The Bertz CT molecular complexity index is 1070. The molecule has 1 unspecified atom stereocenters. The van der Waals surface area contributed by atoms with E-state index in [-0.39, 0.29) is 4.77 Å². The van der Waals surface area contributed by atoms with Crippen LogP contribution in [0.5, 0.6) is 0 Å². The predicted molar refractivity (Wildman–Crippen MR) is 103 cm³/mol. The van der Waals surface area contributed by atoms with Gasteiger partial charge in [0.1, 0.15) is 0 Å². The Hall–Kier alpha value is -2.15. The fourth-order valence-electron chi connectivity index (χ4n) is 2.53. The number of benzene rings is 2. The first-order valence-electron chi connectivity index (χ1n) is 7.39. The van der Waals surface area contributed by atoms with Gasteiger partial charge in [-0.2, -0.15) is 4.68 Å². The fraction of sp³-hybridized carbons (Fsp3) is 0.118. The second-order valence-corrected chi connectivity index (χ2v) is 6.65. The van der Waals surface area contributed by atoms with Crippen LogP contribution in [0.4, 0.5) is 0 Å². The van der Waals surface area contributed by atoms with Gasteiger partial charge >= 0.3 is 0 Å². The molecule has 3 rings (SSSR count). The normalized spacial score (nSPS) is 12.1. The number of para-hydroxylation sites is 1. The zero-order valence-corrected chi connectivity index (χ0v) is 15.4. The summed E-state index contributed by atoms with van der Waals surface area (Å²) in [7, 11) is 0. The molecule has 0 bridgehead atoms. The van der Waals surface area contributed by atoms with Crippen molar-refractivity contribution in [3.63, 3.8) is 0 Å². The van der Waals surface area contributed by atoms with E-state index < -0.39 is 17.4 Å². The van der Waals surface area contributed by atoms with Crippen molar-refractivity contribution in [1.82, 2.24) is 9.66 Å². The monoisotopic (exact) mass is 393 g/mol. The van der Waals surface area contributed by atoms with Gasteiger partial charge in [0.2, 0.25) is 5.91 Å². The first kappa shape index (κ1) is 17.7. The van der Waals surface area contributed by atoms with E-state index in [2.05, 4.69) is 10.4 Å².